The number of nitrogens with one attached hydrogen (secondary N) is 2. The SMILES string of the molecule is N=C(N)N1CC=C(c2ccc(-c3nnc(-c4ccc(C5=CCN(C(=N)N)CC5)cc4)o3)cc2)CC1. The van der Waals surface area contributed by atoms with Crippen LogP contribution in [0.1, 0.15) is 24.0 Å². The van der Waals surface area contributed by atoms with Crippen LogP contribution in [0.4, 0.5) is 0 Å². The lowest BCUT2D eigenvalue weighted by Gasteiger charge is -2.26. The van der Waals surface area contributed by atoms with Crippen molar-refractivity contribution in [1.29, 1.82) is 10.8 Å². The first-order valence-corrected chi connectivity index (χ1v) is 11.6. The van der Waals surface area contributed by atoms with E-state index in [-0.39, 0.29) is 11.9 Å². The van der Waals surface area contributed by atoms with Crippen LogP contribution in [0.3, 0.4) is 0 Å². The summed E-state index contributed by atoms with van der Waals surface area (Å²) < 4.78 is 5.97. The molecule has 2 aromatic carbocycles. The predicted molar refractivity (Wildman–Crippen MR) is 137 cm³/mol. The molecule has 0 fully saturated rings. The highest BCUT2D eigenvalue weighted by Gasteiger charge is 2.16. The molecule has 3 aromatic rings. The van der Waals surface area contributed by atoms with Gasteiger partial charge in [-0.2, -0.15) is 0 Å². The van der Waals surface area contributed by atoms with Crippen molar-refractivity contribution in [1.82, 2.24) is 20.0 Å². The minimum Gasteiger partial charge on any atom is -0.416 e. The molecule has 0 saturated carbocycles. The summed E-state index contributed by atoms with van der Waals surface area (Å²) >= 11 is 0. The molecule has 178 valence electrons. The van der Waals surface area contributed by atoms with Crippen molar-refractivity contribution in [3.05, 3.63) is 71.8 Å². The second-order valence-corrected chi connectivity index (χ2v) is 8.69. The Morgan fingerprint density at radius 2 is 1.03 bits per heavy atom. The van der Waals surface area contributed by atoms with Crippen LogP contribution < -0.4 is 11.5 Å². The van der Waals surface area contributed by atoms with Crippen molar-refractivity contribution in [2.24, 2.45) is 11.5 Å². The quantitative estimate of drug-likeness (QED) is 0.339. The smallest absolute Gasteiger partial charge is 0.248 e. The largest absolute Gasteiger partial charge is 0.416 e. The molecular weight excluding hydrogens is 440 g/mol. The fourth-order valence-corrected chi connectivity index (χ4v) is 4.41. The van der Waals surface area contributed by atoms with E-state index in [2.05, 4.69) is 46.6 Å². The van der Waals surface area contributed by atoms with Gasteiger partial charge in [0.2, 0.25) is 11.8 Å². The molecule has 0 atom stereocenters. The summed E-state index contributed by atoms with van der Waals surface area (Å²) in [5, 5.41) is 23.6. The topological polar surface area (TPSA) is 145 Å². The Hall–Kier alpha value is -4.40. The maximum absolute atomic E-state index is 7.56. The van der Waals surface area contributed by atoms with E-state index in [1.165, 1.54) is 11.1 Å². The zero-order valence-corrected chi connectivity index (χ0v) is 19.4. The molecule has 0 amide bonds. The van der Waals surface area contributed by atoms with Crippen molar-refractivity contribution in [2.45, 2.75) is 12.8 Å². The lowest BCUT2D eigenvalue weighted by Crippen LogP contribution is -2.39. The van der Waals surface area contributed by atoms with Crippen molar-refractivity contribution in [3.8, 4) is 22.9 Å². The summed E-state index contributed by atoms with van der Waals surface area (Å²) in [6, 6.07) is 16.2. The number of hydrogen-bond acceptors (Lipinski definition) is 5. The third-order valence-corrected chi connectivity index (χ3v) is 6.53. The lowest BCUT2D eigenvalue weighted by atomic mass is 9.98. The number of rotatable bonds is 4. The van der Waals surface area contributed by atoms with Crippen LogP contribution in [0.25, 0.3) is 34.1 Å². The van der Waals surface area contributed by atoms with Gasteiger partial charge in [0.15, 0.2) is 11.9 Å². The van der Waals surface area contributed by atoms with Crippen LogP contribution in [0, 0.1) is 10.8 Å². The van der Waals surface area contributed by atoms with E-state index in [0.29, 0.717) is 24.9 Å². The third kappa shape index (κ3) is 4.79. The van der Waals surface area contributed by atoms with Crippen molar-refractivity contribution >= 4 is 23.1 Å². The number of aromatic nitrogens is 2. The molecule has 9 nitrogen and oxygen atoms in total. The van der Waals surface area contributed by atoms with E-state index in [1.54, 1.807) is 0 Å². The second kappa shape index (κ2) is 9.46. The highest BCUT2D eigenvalue weighted by atomic mass is 16.4. The van der Waals surface area contributed by atoms with E-state index in [4.69, 9.17) is 26.7 Å². The molecule has 0 spiro atoms. The zero-order valence-electron chi connectivity index (χ0n) is 19.4. The van der Waals surface area contributed by atoms with Crippen molar-refractivity contribution < 1.29 is 4.42 Å². The van der Waals surface area contributed by atoms with E-state index < -0.39 is 0 Å². The minimum absolute atomic E-state index is 0.115. The molecule has 0 aliphatic carbocycles. The average molecular weight is 469 g/mol. The van der Waals surface area contributed by atoms with Gasteiger partial charge in [0.05, 0.1) is 0 Å². The third-order valence-electron chi connectivity index (χ3n) is 6.53. The van der Waals surface area contributed by atoms with Gasteiger partial charge in [-0.3, -0.25) is 10.8 Å². The Kier molecular flexibility index (Phi) is 6.05. The summed E-state index contributed by atoms with van der Waals surface area (Å²) in [6.45, 7) is 2.82. The van der Waals surface area contributed by atoms with Gasteiger partial charge in [-0.25, -0.2) is 0 Å². The molecule has 1 aromatic heterocycles. The van der Waals surface area contributed by atoms with E-state index in [1.807, 2.05) is 34.1 Å². The molecule has 9 heteroatoms. The molecule has 0 radical (unpaired) electrons. The Balaban J connectivity index is 1.26. The number of benzene rings is 2. The number of hydrogen-bond donors (Lipinski definition) is 4. The molecule has 0 bridgehead atoms. The zero-order chi connectivity index (χ0) is 24.4. The first-order valence-electron chi connectivity index (χ1n) is 11.6. The minimum atomic E-state index is 0.115. The Morgan fingerprint density at radius 1 is 0.657 bits per heavy atom. The normalized spacial score (nSPS) is 16.0. The number of guanidine groups is 2. The first-order chi connectivity index (χ1) is 17.0. The molecule has 2 aliphatic heterocycles. The number of nitrogens with zero attached hydrogens (tertiary/aromatic N) is 4. The van der Waals surface area contributed by atoms with Crippen LogP contribution in [0.2, 0.25) is 0 Å². The lowest BCUT2D eigenvalue weighted by molar-refractivity contribution is 0.451. The molecule has 6 N–H and O–H groups in total. The second-order valence-electron chi connectivity index (χ2n) is 8.69. The summed E-state index contributed by atoms with van der Waals surface area (Å²) in [6.07, 6.45) is 5.95. The Labute approximate surface area is 203 Å². The van der Waals surface area contributed by atoms with E-state index >= 15 is 0 Å². The summed E-state index contributed by atoms with van der Waals surface area (Å²) in [5.41, 5.74) is 17.7. The average Bonchev–Trinajstić information content (AvgIpc) is 3.39. The maximum atomic E-state index is 7.56. The summed E-state index contributed by atoms with van der Waals surface area (Å²) in [5.74, 6) is 1.19. The summed E-state index contributed by atoms with van der Waals surface area (Å²) in [4.78, 5) is 3.69. The molecule has 2 aliphatic rings. The summed E-state index contributed by atoms with van der Waals surface area (Å²) in [7, 11) is 0. The monoisotopic (exact) mass is 468 g/mol. The van der Waals surface area contributed by atoms with E-state index in [9.17, 15) is 0 Å². The molecule has 0 unspecified atom stereocenters. The fraction of sp³-hybridized carbons (Fsp3) is 0.231. The highest BCUT2D eigenvalue weighted by Crippen LogP contribution is 2.29. The Morgan fingerprint density at radius 3 is 1.34 bits per heavy atom. The van der Waals surface area contributed by atoms with Crippen LogP contribution in [0.5, 0.6) is 0 Å². The van der Waals surface area contributed by atoms with Gasteiger partial charge >= 0.3 is 0 Å². The molecular formula is C26H28N8O. The van der Waals surface area contributed by atoms with Gasteiger partial charge in [-0.1, -0.05) is 36.4 Å². The maximum Gasteiger partial charge on any atom is 0.248 e. The van der Waals surface area contributed by atoms with Gasteiger partial charge in [0.25, 0.3) is 0 Å². The predicted octanol–water partition coefficient (Wildman–Crippen LogP) is 3.37. The molecule has 3 heterocycles. The van der Waals surface area contributed by atoms with E-state index in [0.717, 1.165) is 48.2 Å². The van der Waals surface area contributed by atoms with Gasteiger partial charge in [-0.05, 0) is 59.4 Å². The van der Waals surface area contributed by atoms with Crippen LogP contribution in [-0.2, 0) is 0 Å². The van der Waals surface area contributed by atoms with Crippen LogP contribution >= 0.6 is 0 Å². The Bertz CT molecular complexity index is 1200. The van der Waals surface area contributed by atoms with Crippen molar-refractivity contribution in [2.75, 3.05) is 26.2 Å². The van der Waals surface area contributed by atoms with Crippen molar-refractivity contribution in [3.63, 3.8) is 0 Å². The molecule has 0 saturated heterocycles. The number of nitrogens with two attached hydrogens (primary N) is 2. The molecule has 5 rings (SSSR count). The fourth-order valence-electron chi connectivity index (χ4n) is 4.41. The van der Waals surface area contributed by atoms with Crippen LogP contribution in [-0.4, -0.2) is 58.1 Å². The first kappa shape index (κ1) is 22.4. The van der Waals surface area contributed by atoms with Gasteiger partial charge < -0.3 is 25.7 Å². The van der Waals surface area contributed by atoms with Crippen LogP contribution in [0.15, 0.2) is 65.1 Å². The van der Waals surface area contributed by atoms with Gasteiger partial charge in [-0.15, -0.1) is 10.2 Å². The molecule has 35 heavy (non-hydrogen) atoms. The van der Waals surface area contributed by atoms with Gasteiger partial charge in [0, 0.05) is 37.3 Å². The highest BCUT2D eigenvalue weighted by molar-refractivity contribution is 5.78. The standard InChI is InChI=1S/C26H28N8O/c27-25(28)33-13-9-19(10-14-33)17-1-5-21(6-2-17)23-31-32-24(35-23)22-7-3-18(4-8-22)20-11-15-34(16-12-20)26(29)30/h1-9,11H,10,12-16H2,(H3,27,28)(H3,29,30). The van der Waals surface area contributed by atoms with Gasteiger partial charge in [0.1, 0.15) is 0 Å².